The number of benzene rings is 1. The molecule has 7 nitrogen and oxygen atoms in total. The van der Waals surface area contributed by atoms with Crippen molar-refractivity contribution < 1.29 is 18.8 Å². The number of nitrogens with zero attached hydrogens (tertiary/aromatic N) is 3. The van der Waals surface area contributed by atoms with E-state index in [1.807, 2.05) is 31.2 Å². The van der Waals surface area contributed by atoms with Gasteiger partial charge in [0.25, 0.3) is 5.89 Å². The van der Waals surface area contributed by atoms with Crippen LogP contribution >= 0.6 is 11.8 Å². The van der Waals surface area contributed by atoms with Gasteiger partial charge in [0.2, 0.25) is 11.7 Å². The van der Waals surface area contributed by atoms with Gasteiger partial charge in [-0.3, -0.25) is 4.79 Å². The van der Waals surface area contributed by atoms with E-state index in [0.717, 1.165) is 18.4 Å². The molecule has 2 fully saturated rings. The van der Waals surface area contributed by atoms with E-state index in [4.69, 9.17) is 9.26 Å². The number of hydrogen-bond acceptors (Lipinski definition) is 7. The largest absolute Gasteiger partial charge is 0.454 e. The summed E-state index contributed by atoms with van der Waals surface area (Å²) in [6, 6.07) is 7.38. The molecule has 0 saturated carbocycles. The summed E-state index contributed by atoms with van der Waals surface area (Å²) in [5, 5.41) is 3.95. The van der Waals surface area contributed by atoms with Crippen LogP contribution in [0.3, 0.4) is 0 Å². The second-order valence-electron chi connectivity index (χ2n) is 6.94. The molecule has 1 aromatic heterocycles. The van der Waals surface area contributed by atoms with Crippen LogP contribution in [0.2, 0.25) is 0 Å². The maximum atomic E-state index is 12.5. The Morgan fingerprint density at radius 1 is 1.41 bits per heavy atom. The molecule has 8 heteroatoms. The monoisotopic (exact) mass is 387 g/mol. The van der Waals surface area contributed by atoms with E-state index in [9.17, 15) is 9.59 Å². The van der Waals surface area contributed by atoms with Crippen LogP contribution in [0.4, 0.5) is 0 Å². The van der Waals surface area contributed by atoms with Gasteiger partial charge in [-0.25, -0.2) is 4.79 Å². The number of rotatable bonds is 5. The number of ether oxygens (including phenoxy) is 1. The highest BCUT2D eigenvalue weighted by atomic mass is 32.2. The van der Waals surface area contributed by atoms with E-state index in [1.165, 1.54) is 5.56 Å². The molecule has 1 amide bonds. The number of carbonyl (C=O) groups is 2. The van der Waals surface area contributed by atoms with Gasteiger partial charge in [0.15, 0.2) is 6.61 Å². The summed E-state index contributed by atoms with van der Waals surface area (Å²) in [6.07, 6.45) is 2.22. The van der Waals surface area contributed by atoms with E-state index in [1.54, 1.807) is 16.7 Å². The summed E-state index contributed by atoms with van der Waals surface area (Å²) >= 11 is 1.63. The van der Waals surface area contributed by atoms with Crippen LogP contribution in [-0.4, -0.2) is 43.6 Å². The smallest absolute Gasteiger partial charge is 0.330 e. The van der Waals surface area contributed by atoms with Crippen molar-refractivity contribution in [3.63, 3.8) is 0 Å². The molecule has 2 aliphatic heterocycles. The van der Waals surface area contributed by atoms with E-state index < -0.39 is 12.0 Å². The third-order valence-corrected chi connectivity index (χ3v) is 6.65. The fraction of sp³-hybridized carbons (Fsp3) is 0.474. The van der Waals surface area contributed by atoms with Crippen molar-refractivity contribution in [2.24, 2.45) is 0 Å². The molecule has 4 rings (SSSR count). The lowest BCUT2D eigenvalue weighted by Gasteiger charge is -2.29. The Morgan fingerprint density at radius 2 is 2.19 bits per heavy atom. The van der Waals surface area contributed by atoms with E-state index in [2.05, 4.69) is 17.1 Å². The predicted octanol–water partition coefficient (Wildman–Crippen LogP) is 2.80. The van der Waals surface area contributed by atoms with Gasteiger partial charge in [-0.1, -0.05) is 36.3 Å². The number of fused-ring (bicyclic) bond motifs is 1. The van der Waals surface area contributed by atoms with Gasteiger partial charge in [0.1, 0.15) is 6.04 Å². The first-order valence-corrected chi connectivity index (χ1v) is 10.0. The highest BCUT2D eigenvalue weighted by Crippen LogP contribution is 2.47. The van der Waals surface area contributed by atoms with E-state index in [-0.39, 0.29) is 23.3 Å². The minimum atomic E-state index is -0.543. The van der Waals surface area contributed by atoms with Crippen LogP contribution in [-0.2, 0) is 27.4 Å². The van der Waals surface area contributed by atoms with Crippen molar-refractivity contribution in [1.29, 1.82) is 0 Å². The number of thioether (sulfide) groups is 1. The molecular formula is C19H21N3O4S. The Kier molecular flexibility index (Phi) is 4.67. The molecule has 0 unspecified atom stereocenters. The van der Waals surface area contributed by atoms with Crippen LogP contribution in [0.15, 0.2) is 28.8 Å². The number of carbonyl (C=O) groups excluding carboxylic acids is 2. The van der Waals surface area contributed by atoms with Crippen molar-refractivity contribution in [1.82, 2.24) is 15.0 Å². The van der Waals surface area contributed by atoms with Gasteiger partial charge in [0.05, 0.1) is 4.87 Å². The van der Waals surface area contributed by atoms with E-state index in [0.29, 0.717) is 18.0 Å². The van der Waals surface area contributed by atoms with Crippen molar-refractivity contribution in [3.05, 3.63) is 35.7 Å². The van der Waals surface area contributed by atoms with Crippen LogP contribution < -0.4 is 0 Å². The van der Waals surface area contributed by atoms with Crippen molar-refractivity contribution in [2.45, 2.75) is 50.6 Å². The van der Waals surface area contributed by atoms with Crippen LogP contribution in [0.1, 0.15) is 38.1 Å². The van der Waals surface area contributed by atoms with Crippen molar-refractivity contribution >= 4 is 23.6 Å². The fourth-order valence-electron chi connectivity index (χ4n) is 3.54. The minimum Gasteiger partial charge on any atom is -0.454 e. The SMILES string of the molecule is CCc1ccc(-c2noc(COC(=O)[C@@H]3CS[C@@]4(C)CCC(=O)N34)n2)cc1. The molecule has 3 heterocycles. The van der Waals surface area contributed by atoms with Crippen LogP contribution in [0.25, 0.3) is 11.4 Å². The third kappa shape index (κ3) is 3.34. The van der Waals surface area contributed by atoms with E-state index >= 15 is 0 Å². The highest BCUT2D eigenvalue weighted by Gasteiger charge is 2.53. The number of hydrogen-bond donors (Lipinski definition) is 0. The summed E-state index contributed by atoms with van der Waals surface area (Å²) < 4.78 is 10.5. The Hall–Kier alpha value is -2.35. The Balaban J connectivity index is 1.38. The van der Waals surface area contributed by atoms with Gasteiger partial charge < -0.3 is 14.2 Å². The lowest BCUT2D eigenvalue weighted by Crippen LogP contribution is -2.46. The molecule has 142 valence electrons. The van der Waals surface area contributed by atoms with Crippen LogP contribution in [0, 0.1) is 0 Å². The Labute approximate surface area is 161 Å². The van der Waals surface area contributed by atoms with Gasteiger partial charge in [-0.05, 0) is 25.3 Å². The Bertz CT molecular complexity index is 866. The summed E-state index contributed by atoms with van der Waals surface area (Å²) in [5.74, 6) is 0.843. The summed E-state index contributed by atoms with van der Waals surface area (Å²) in [7, 11) is 0. The average molecular weight is 387 g/mol. The molecule has 0 aliphatic carbocycles. The van der Waals surface area contributed by atoms with Gasteiger partial charge >= 0.3 is 5.97 Å². The molecule has 2 saturated heterocycles. The maximum Gasteiger partial charge on any atom is 0.330 e. The third-order valence-electron chi connectivity index (χ3n) is 5.14. The van der Waals surface area contributed by atoms with Crippen molar-refractivity contribution in [3.8, 4) is 11.4 Å². The first-order valence-electron chi connectivity index (χ1n) is 9.05. The molecule has 0 N–H and O–H groups in total. The molecule has 1 aromatic carbocycles. The minimum absolute atomic E-state index is 0.0139. The summed E-state index contributed by atoms with van der Waals surface area (Å²) in [6.45, 7) is 4.00. The molecule has 0 bridgehead atoms. The van der Waals surface area contributed by atoms with Gasteiger partial charge in [-0.2, -0.15) is 4.98 Å². The lowest BCUT2D eigenvalue weighted by atomic mass is 10.1. The summed E-state index contributed by atoms with van der Waals surface area (Å²) in [5.41, 5.74) is 2.08. The highest BCUT2D eigenvalue weighted by molar-refractivity contribution is 8.01. The number of esters is 1. The zero-order valence-electron chi connectivity index (χ0n) is 15.3. The second kappa shape index (κ2) is 6.99. The normalized spacial score (nSPS) is 24.3. The number of amides is 1. The molecule has 27 heavy (non-hydrogen) atoms. The molecular weight excluding hydrogens is 366 g/mol. The maximum absolute atomic E-state index is 12.5. The van der Waals surface area contributed by atoms with Crippen molar-refractivity contribution in [2.75, 3.05) is 5.75 Å². The summed E-state index contributed by atoms with van der Waals surface area (Å²) in [4.78, 5) is 30.3. The second-order valence-corrected chi connectivity index (χ2v) is 8.44. The molecule has 2 aliphatic rings. The zero-order valence-corrected chi connectivity index (χ0v) is 16.1. The molecule has 0 radical (unpaired) electrons. The molecule has 2 aromatic rings. The lowest BCUT2D eigenvalue weighted by molar-refractivity contribution is -0.155. The van der Waals surface area contributed by atoms with Crippen LogP contribution in [0.5, 0.6) is 0 Å². The first kappa shape index (κ1) is 18.0. The standard InChI is InChI=1S/C19H21N3O4S/c1-3-12-4-6-13(7-5-12)17-20-15(26-21-17)10-25-18(24)14-11-27-19(2)9-8-16(23)22(14)19/h4-7,14H,3,8-11H2,1-2H3/t14-,19-/m0/s1. The molecule has 0 spiro atoms. The Morgan fingerprint density at radius 3 is 2.93 bits per heavy atom. The quantitative estimate of drug-likeness (QED) is 0.729. The van der Waals surface area contributed by atoms with Gasteiger partial charge in [-0.15, -0.1) is 11.8 Å². The number of aromatic nitrogens is 2. The number of aryl methyl sites for hydroxylation is 1. The molecule has 2 atom stereocenters. The predicted molar refractivity (Wildman–Crippen MR) is 99.6 cm³/mol. The zero-order chi connectivity index (χ0) is 19.0. The first-order chi connectivity index (χ1) is 13.0. The topological polar surface area (TPSA) is 85.5 Å². The van der Waals surface area contributed by atoms with Gasteiger partial charge in [0, 0.05) is 17.7 Å². The fourth-order valence-corrected chi connectivity index (χ4v) is 4.96. The average Bonchev–Trinajstić information content (AvgIpc) is 3.36.